The van der Waals surface area contributed by atoms with Crippen molar-refractivity contribution in [2.75, 3.05) is 17.9 Å². The van der Waals surface area contributed by atoms with Crippen molar-refractivity contribution < 1.29 is 14.3 Å². The van der Waals surface area contributed by atoms with Crippen LogP contribution in [0.25, 0.3) is 17.1 Å². The minimum atomic E-state index is -0.145. The number of para-hydroxylation sites is 1. The number of aryl methyl sites for hydroxylation is 1. The first-order valence-electron chi connectivity index (χ1n) is 10.1. The van der Waals surface area contributed by atoms with Gasteiger partial charge >= 0.3 is 0 Å². The Hall–Kier alpha value is -3.78. The lowest BCUT2D eigenvalue weighted by atomic mass is 10.1. The standard InChI is InChI=1S/C24H20N4O3S/c1-16-7-9-17(10-8-16)23-26-27-24(28(23)19-5-3-2-4-6-19)32-14-22(29)25-18-11-12-20-21(13-18)31-15-30-20/h2-13H,14-15H2,1H3,(H,25,29). The van der Waals surface area contributed by atoms with Gasteiger partial charge in [-0.3, -0.25) is 9.36 Å². The molecule has 3 aromatic carbocycles. The van der Waals surface area contributed by atoms with Gasteiger partial charge in [0, 0.05) is 23.0 Å². The number of carbonyl (C=O) groups excluding carboxylic acids is 1. The van der Waals surface area contributed by atoms with E-state index >= 15 is 0 Å². The van der Waals surface area contributed by atoms with Crippen LogP contribution < -0.4 is 14.8 Å². The zero-order valence-corrected chi connectivity index (χ0v) is 18.1. The molecule has 1 N–H and O–H groups in total. The molecule has 0 atom stereocenters. The third-order valence-electron chi connectivity index (χ3n) is 4.95. The molecule has 1 aliphatic heterocycles. The van der Waals surface area contributed by atoms with Gasteiger partial charge in [0.05, 0.1) is 5.75 Å². The summed E-state index contributed by atoms with van der Waals surface area (Å²) in [6.07, 6.45) is 0. The topological polar surface area (TPSA) is 78.3 Å². The summed E-state index contributed by atoms with van der Waals surface area (Å²) in [5.41, 5.74) is 3.73. The number of thioether (sulfide) groups is 1. The number of benzene rings is 3. The molecule has 160 valence electrons. The van der Waals surface area contributed by atoms with E-state index in [1.807, 2.05) is 66.1 Å². The van der Waals surface area contributed by atoms with Crippen LogP contribution in [-0.4, -0.2) is 33.2 Å². The molecular weight excluding hydrogens is 424 g/mol. The van der Waals surface area contributed by atoms with Crippen LogP contribution in [0.4, 0.5) is 5.69 Å². The summed E-state index contributed by atoms with van der Waals surface area (Å²) in [4.78, 5) is 12.6. The number of amides is 1. The highest BCUT2D eigenvalue weighted by atomic mass is 32.2. The van der Waals surface area contributed by atoms with Crippen LogP contribution >= 0.6 is 11.8 Å². The van der Waals surface area contributed by atoms with Crippen LogP contribution in [0.5, 0.6) is 11.5 Å². The van der Waals surface area contributed by atoms with Crippen molar-refractivity contribution >= 4 is 23.4 Å². The molecule has 0 unspecified atom stereocenters. The van der Waals surface area contributed by atoms with E-state index in [1.165, 1.54) is 17.3 Å². The molecule has 32 heavy (non-hydrogen) atoms. The molecule has 0 radical (unpaired) electrons. The molecule has 0 saturated carbocycles. The van der Waals surface area contributed by atoms with Gasteiger partial charge in [0.25, 0.3) is 0 Å². The normalized spacial score (nSPS) is 12.0. The minimum Gasteiger partial charge on any atom is -0.454 e. The van der Waals surface area contributed by atoms with E-state index < -0.39 is 0 Å². The Morgan fingerprint density at radius 3 is 2.59 bits per heavy atom. The molecule has 0 spiro atoms. The number of carbonyl (C=O) groups is 1. The van der Waals surface area contributed by atoms with Crippen molar-refractivity contribution in [2.24, 2.45) is 0 Å². The van der Waals surface area contributed by atoms with E-state index in [-0.39, 0.29) is 18.5 Å². The first-order valence-corrected chi connectivity index (χ1v) is 11.1. The molecule has 0 saturated heterocycles. The molecule has 1 amide bonds. The number of nitrogens with zero attached hydrogens (tertiary/aromatic N) is 3. The van der Waals surface area contributed by atoms with Crippen molar-refractivity contribution in [1.82, 2.24) is 14.8 Å². The van der Waals surface area contributed by atoms with E-state index in [2.05, 4.69) is 15.5 Å². The number of aromatic nitrogens is 3. The van der Waals surface area contributed by atoms with E-state index in [1.54, 1.807) is 18.2 Å². The Kier molecular flexibility index (Phi) is 5.51. The van der Waals surface area contributed by atoms with Gasteiger partial charge in [-0.2, -0.15) is 0 Å². The largest absolute Gasteiger partial charge is 0.454 e. The van der Waals surface area contributed by atoms with Gasteiger partial charge in [0.15, 0.2) is 22.5 Å². The van der Waals surface area contributed by atoms with E-state index in [9.17, 15) is 4.79 Å². The molecule has 1 aliphatic rings. The van der Waals surface area contributed by atoms with Crippen molar-refractivity contribution in [2.45, 2.75) is 12.1 Å². The zero-order valence-electron chi connectivity index (χ0n) is 17.3. The monoisotopic (exact) mass is 444 g/mol. The predicted molar refractivity (Wildman–Crippen MR) is 123 cm³/mol. The predicted octanol–water partition coefficient (Wildman–Crippen LogP) is 4.70. The summed E-state index contributed by atoms with van der Waals surface area (Å²) in [6.45, 7) is 2.24. The van der Waals surface area contributed by atoms with Gasteiger partial charge in [-0.05, 0) is 31.2 Å². The smallest absolute Gasteiger partial charge is 0.234 e. The SMILES string of the molecule is Cc1ccc(-c2nnc(SCC(=O)Nc3ccc4c(c3)OCO4)n2-c2ccccc2)cc1. The third-order valence-corrected chi connectivity index (χ3v) is 5.88. The van der Waals surface area contributed by atoms with Gasteiger partial charge in [0.1, 0.15) is 0 Å². The molecule has 0 aliphatic carbocycles. The maximum atomic E-state index is 12.6. The molecular formula is C24H20N4O3S. The van der Waals surface area contributed by atoms with E-state index in [4.69, 9.17) is 9.47 Å². The average Bonchev–Trinajstić information content (AvgIpc) is 3.45. The summed E-state index contributed by atoms with van der Waals surface area (Å²) >= 11 is 1.33. The number of fused-ring (bicyclic) bond motifs is 1. The summed E-state index contributed by atoms with van der Waals surface area (Å²) in [6, 6.07) is 23.4. The van der Waals surface area contributed by atoms with Crippen LogP contribution in [0.3, 0.4) is 0 Å². The van der Waals surface area contributed by atoms with Gasteiger partial charge in [-0.15, -0.1) is 10.2 Å². The van der Waals surface area contributed by atoms with Crippen LogP contribution in [0, 0.1) is 6.92 Å². The molecule has 0 bridgehead atoms. The quantitative estimate of drug-likeness (QED) is 0.434. The van der Waals surface area contributed by atoms with Crippen molar-refractivity contribution in [3.63, 3.8) is 0 Å². The Balaban J connectivity index is 1.36. The second kappa shape index (κ2) is 8.76. The van der Waals surface area contributed by atoms with Crippen molar-refractivity contribution in [3.05, 3.63) is 78.4 Å². The zero-order chi connectivity index (χ0) is 21.9. The summed E-state index contributed by atoms with van der Waals surface area (Å²) in [7, 11) is 0. The number of nitrogens with one attached hydrogen (secondary N) is 1. The number of ether oxygens (including phenoxy) is 2. The number of hydrogen-bond acceptors (Lipinski definition) is 6. The lowest BCUT2D eigenvalue weighted by Gasteiger charge is -2.11. The highest BCUT2D eigenvalue weighted by Crippen LogP contribution is 2.34. The number of hydrogen-bond donors (Lipinski definition) is 1. The maximum absolute atomic E-state index is 12.6. The first-order chi connectivity index (χ1) is 15.7. The van der Waals surface area contributed by atoms with Crippen molar-refractivity contribution in [3.8, 4) is 28.6 Å². The average molecular weight is 445 g/mol. The third kappa shape index (κ3) is 4.17. The van der Waals surface area contributed by atoms with Crippen LogP contribution in [0.1, 0.15) is 5.56 Å². The Morgan fingerprint density at radius 2 is 1.78 bits per heavy atom. The number of anilines is 1. The fraction of sp³-hybridized carbons (Fsp3) is 0.125. The second-order valence-electron chi connectivity index (χ2n) is 7.25. The van der Waals surface area contributed by atoms with Crippen LogP contribution in [0.15, 0.2) is 78.0 Å². The summed E-state index contributed by atoms with van der Waals surface area (Å²) < 4.78 is 12.6. The van der Waals surface area contributed by atoms with Crippen LogP contribution in [0.2, 0.25) is 0 Å². The molecule has 5 rings (SSSR count). The minimum absolute atomic E-state index is 0.145. The van der Waals surface area contributed by atoms with Crippen molar-refractivity contribution in [1.29, 1.82) is 0 Å². The molecule has 4 aromatic rings. The number of rotatable bonds is 6. The molecule has 2 heterocycles. The van der Waals surface area contributed by atoms with Gasteiger partial charge in [0.2, 0.25) is 12.7 Å². The fourth-order valence-electron chi connectivity index (χ4n) is 3.36. The first kappa shape index (κ1) is 20.1. The Labute approximate surface area is 189 Å². The fourth-order valence-corrected chi connectivity index (χ4v) is 4.12. The second-order valence-corrected chi connectivity index (χ2v) is 8.19. The lowest BCUT2D eigenvalue weighted by molar-refractivity contribution is -0.113. The molecule has 1 aromatic heterocycles. The van der Waals surface area contributed by atoms with Gasteiger partial charge in [-0.1, -0.05) is 59.8 Å². The lowest BCUT2D eigenvalue weighted by Crippen LogP contribution is -2.14. The van der Waals surface area contributed by atoms with E-state index in [0.29, 0.717) is 22.3 Å². The van der Waals surface area contributed by atoms with Crippen LogP contribution in [-0.2, 0) is 4.79 Å². The summed E-state index contributed by atoms with van der Waals surface area (Å²) in [5, 5.41) is 12.3. The van der Waals surface area contributed by atoms with E-state index in [0.717, 1.165) is 17.1 Å². The Morgan fingerprint density at radius 1 is 1.00 bits per heavy atom. The highest BCUT2D eigenvalue weighted by molar-refractivity contribution is 7.99. The molecule has 7 nitrogen and oxygen atoms in total. The highest BCUT2D eigenvalue weighted by Gasteiger charge is 2.18. The van der Waals surface area contributed by atoms with Gasteiger partial charge in [-0.25, -0.2) is 0 Å². The summed E-state index contributed by atoms with van der Waals surface area (Å²) in [5.74, 6) is 2.08. The molecule has 0 fully saturated rings. The Bertz CT molecular complexity index is 1260. The van der Waals surface area contributed by atoms with Gasteiger partial charge < -0.3 is 14.8 Å². The maximum Gasteiger partial charge on any atom is 0.234 e. The molecule has 8 heteroatoms.